The SMILES string of the molecule is CC1(C)Sc2cccc(-n3c4ccccc4c4cc(-c5ccc6c(c5)c5c(n6-c6ccccc6)CCC=C5)ccc43)c21. The Labute approximate surface area is 249 Å². The summed E-state index contributed by atoms with van der Waals surface area (Å²) in [6, 6.07) is 40.5. The predicted octanol–water partition coefficient (Wildman–Crippen LogP) is 10.7. The average molecular weight is 559 g/mol. The van der Waals surface area contributed by atoms with Crippen molar-refractivity contribution in [2.75, 3.05) is 0 Å². The number of hydrogen-bond donors (Lipinski definition) is 0. The first kappa shape index (κ1) is 24.2. The second kappa shape index (κ2) is 8.77. The molecule has 9 rings (SSSR count). The number of nitrogens with zero attached hydrogens (tertiary/aromatic N) is 2. The van der Waals surface area contributed by atoms with Crippen molar-refractivity contribution >= 4 is 50.5 Å². The van der Waals surface area contributed by atoms with E-state index >= 15 is 0 Å². The van der Waals surface area contributed by atoms with Gasteiger partial charge < -0.3 is 9.13 Å². The van der Waals surface area contributed by atoms with Gasteiger partial charge >= 0.3 is 0 Å². The summed E-state index contributed by atoms with van der Waals surface area (Å²) in [5, 5.41) is 3.93. The van der Waals surface area contributed by atoms with Gasteiger partial charge in [0.15, 0.2) is 0 Å². The third kappa shape index (κ3) is 3.35. The van der Waals surface area contributed by atoms with Gasteiger partial charge in [0, 0.05) is 48.3 Å². The Balaban J connectivity index is 1.25. The smallest absolute Gasteiger partial charge is 0.0541 e. The molecule has 0 amide bonds. The van der Waals surface area contributed by atoms with Crippen LogP contribution in [0.1, 0.15) is 37.1 Å². The maximum absolute atomic E-state index is 2.49. The summed E-state index contributed by atoms with van der Waals surface area (Å²) in [5.41, 5.74) is 13.1. The first-order valence-electron chi connectivity index (χ1n) is 14.8. The fraction of sp³-hybridized carbons (Fsp3) is 0.128. The highest BCUT2D eigenvalue weighted by Crippen LogP contribution is 2.57. The quantitative estimate of drug-likeness (QED) is 0.210. The van der Waals surface area contributed by atoms with Gasteiger partial charge in [0.2, 0.25) is 0 Å². The second-order valence-electron chi connectivity index (χ2n) is 12.1. The average Bonchev–Trinajstić information content (AvgIpc) is 3.53. The summed E-state index contributed by atoms with van der Waals surface area (Å²) in [6.07, 6.45) is 6.80. The van der Waals surface area contributed by atoms with E-state index in [1.165, 1.54) is 76.9 Å². The topological polar surface area (TPSA) is 9.86 Å². The minimum Gasteiger partial charge on any atom is -0.313 e. The van der Waals surface area contributed by atoms with Crippen molar-refractivity contribution in [3.63, 3.8) is 0 Å². The Kier molecular flexibility index (Phi) is 5.04. The van der Waals surface area contributed by atoms with Crippen LogP contribution in [-0.4, -0.2) is 9.13 Å². The number of hydrogen-bond acceptors (Lipinski definition) is 1. The van der Waals surface area contributed by atoms with Gasteiger partial charge in [-0.05, 0) is 92.4 Å². The molecule has 3 heteroatoms. The molecular formula is C39H30N2S. The number of para-hydroxylation sites is 2. The molecule has 0 fully saturated rings. The van der Waals surface area contributed by atoms with E-state index in [1.54, 1.807) is 0 Å². The molecule has 3 heterocycles. The highest BCUT2D eigenvalue weighted by molar-refractivity contribution is 8.01. The van der Waals surface area contributed by atoms with Crippen molar-refractivity contribution in [2.24, 2.45) is 0 Å². The first-order valence-corrected chi connectivity index (χ1v) is 15.7. The second-order valence-corrected chi connectivity index (χ2v) is 13.7. The maximum atomic E-state index is 2.49. The lowest BCUT2D eigenvalue weighted by Crippen LogP contribution is -2.24. The fourth-order valence-electron chi connectivity index (χ4n) is 7.36. The number of allylic oxidation sites excluding steroid dienone is 1. The van der Waals surface area contributed by atoms with E-state index in [9.17, 15) is 0 Å². The van der Waals surface area contributed by atoms with E-state index in [0.29, 0.717) is 0 Å². The van der Waals surface area contributed by atoms with Crippen LogP contribution in [0.15, 0.2) is 120 Å². The van der Waals surface area contributed by atoms with Gasteiger partial charge in [0.1, 0.15) is 0 Å². The van der Waals surface area contributed by atoms with E-state index in [-0.39, 0.29) is 4.75 Å². The Morgan fingerprint density at radius 2 is 1.36 bits per heavy atom. The third-order valence-corrected chi connectivity index (χ3v) is 10.4. The molecule has 2 nitrogen and oxygen atoms in total. The van der Waals surface area contributed by atoms with Gasteiger partial charge in [-0.15, -0.1) is 11.8 Å². The van der Waals surface area contributed by atoms with Crippen molar-refractivity contribution < 1.29 is 0 Å². The van der Waals surface area contributed by atoms with Crippen molar-refractivity contribution in [1.29, 1.82) is 0 Å². The van der Waals surface area contributed by atoms with Crippen LogP contribution in [-0.2, 0) is 11.2 Å². The largest absolute Gasteiger partial charge is 0.313 e. The van der Waals surface area contributed by atoms with E-state index in [2.05, 4.69) is 144 Å². The van der Waals surface area contributed by atoms with Crippen LogP contribution in [0.25, 0.3) is 61.3 Å². The van der Waals surface area contributed by atoms with Gasteiger partial charge in [-0.2, -0.15) is 0 Å². The van der Waals surface area contributed by atoms with Crippen LogP contribution < -0.4 is 0 Å². The molecule has 0 bridgehead atoms. The molecule has 0 radical (unpaired) electrons. The Hall–Kier alpha value is -4.47. The zero-order valence-corrected chi connectivity index (χ0v) is 24.6. The molecule has 1 aliphatic carbocycles. The molecule has 202 valence electrons. The van der Waals surface area contributed by atoms with Gasteiger partial charge in [-0.1, -0.05) is 66.7 Å². The summed E-state index contributed by atoms with van der Waals surface area (Å²) >= 11 is 1.97. The van der Waals surface area contributed by atoms with Gasteiger partial charge in [-0.25, -0.2) is 0 Å². The molecule has 0 unspecified atom stereocenters. The van der Waals surface area contributed by atoms with Gasteiger partial charge in [0.25, 0.3) is 0 Å². The Morgan fingerprint density at radius 1 is 0.643 bits per heavy atom. The van der Waals surface area contributed by atoms with Gasteiger partial charge in [-0.3, -0.25) is 0 Å². The van der Waals surface area contributed by atoms with Crippen LogP contribution in [0.2, 0.25) is 0 Å². The molecule has 1 aliphatic heterocycles. The van der Waals surface area contributed by atoms with E-state index < -0.39 is 0 Å². The maximum Gasteiger partial charge on any atom is 0.0541 e. The Bertz CT molecular complexity index is 2240. The molecule has 2 aliphatic rings. The van der Waals surface area contributed by atoms with Crippen molar-refractivity contribution in [2.45, 2.75) is 36.3 Å². The highest BCUT2D eigenvalue weighted by Gasteiger charge is 2.38. The normalized spacial score (nSPS) is 15.2. The molecule has 42 heavy (non-hydrogen) atoms. The lowest BCUT2D eigenvalue weighted by molar-refractivity contribution is 0.718. The molecule has 0 spiro atoms. The molecule has 5 aromatic carbocycles. The summed E-state index contributed by atoms with van der Waals surface area (Å²) in [5.74, 6) is 0. The monoisotopic (exact) mass is 558 g/mol. The summed E-state index contributed by atoms with van der Waals surface area (Å²) in [6.45, 7) is 4.68. The minimum absolute atomic E-state index is 0.114. The summed E-state index contributed by atoms with van der Waals surface area (Å²) in [4.78, 5) is 1.40. The predicted molar refractivity (Wildman–Crippen MR) is 179 cm³/mol. The summed E-state index contributed by atoms with van der Waals surface area (Å²) in [7, 11) is 0. The minimum atomic E-state index is 0.114. The lowest BCUT2D eigenvalue weighted by atomic mass is 9.97. The Morgan fingerprint density at radius 3 is 2.17 bits per heavy atom. The van der Waals surface area contributed by atoms with Crippen molar-refractivity contribution in [3.8, 4) is 22.5 Å². The number of rotatable bonds is 3. The van der Waals surface area contributed by atoms with Crippen molar-refractivity contribution in [1.82, 2.24) is 9.13 Å². The fourth-order valence-corrected chi connectivity index (χ4v) is 8.68. The lowest BCUT2D eigenvalue weighted by Gasteiger charge is -2.39. The molecule has 2 aromatic heterocycles. The third-order valence-electron chi connectivity index (χ3n) is 9.17. The number of benzene rings is 5. The number of fused-ring (bicyclic) bond motifs is 7. The van der Waals surface area contributed by atoms with Crippen molar-refractivity contribution in [3.05, 3.63) is 132 Å². The number of thioether (sulfide) groups is 1. The number of aromatic nitrogens is 2. The molecule has 0 saturated carbocycles. The van der Waals surface area contributed by atoms with Crippen LogP contribution in [0.5, 0.6) is 0 Å². The molecule has 0 saturated heterocycles. The zero-order chi connectivity index (χ0) is 28.0. The first-order chi connectivity index (χ1) is 20.6. The standard InChI is InChI=1S/C39H30N2S/c1-39(2)38-36(17-10-18-37(38)42-39)41-33-16-9-7-14-29(33)31-24-26(20-22-35(31)41)25-19-21-34-30(23-25)28-13-6-8-15-32(28)40(34)27-11-4-3-5-12-27/h3-7,9-14,16-24H,8,15H2,1-2H3. The zero-order valence-electron chi connectivity index (χ0n) is 23.8. The van der Waals surface area contributed by atoms with Crippen LogP contribution in [0, 0.1) is 0 Å². The van der Waals surface area contributed by atoms with Crippen LogP contribution in [0.3, 0.4) is 0 Å². The van der Waals surface area contributed by atoms with E-state index in [1.807, 2.05) is 11.8 Å². The van der Waals surface area contributed by atoms with E-state index in [0.717, 1.165) is 12.8 Å². The van der Waals surface area contributed by atoms with Gasteiger partial charge in [0.05, 0.1) is 22.2 Å². The highest BCUT2D eigenvalue weighted by atomic mass is 32.2. The molecule has 7 aromatic rings. The summed E-state index contributed by atoms with van der Waals surface area (Å²) < 4.78 is 5.06. The molecule has 0 atom stereocenters. The molecular weight excluding hydrogens is 529 g/mol. The van der Waals surface area contributed by atoms with E-state index in [4.69, 9.17) is 0 Å². The van der Waals surface area contributed by atoms with Crippen LogP contribution >= 0.6 is 11.8 Å². The molecule has 0 N–H and O–H groups in total. The van der Waals surface area contributed by atoms with Crippen LogP contribution in [0.4, 0.5) is 0 Å².